The number of carbonyl (C=O) groups excluding carboxylic acids is 2. The number of benzene rings is 3. The molecule has 3 aromatic rings. The molecule has 226 valence electrons. The second-order valence-corrected chi connectivity index (χ2v) is 10.2. The largest absolute Gasteiger partial charge is 0.494 e. The minimum absolute atomic E-state index is 0. The predicted octanol–water partition coefficient (Wildman–Crippen LogP) is 8.30. The summed E-state index contributed by atoms with van der Waals surface area (Å²) in [5, 5.41) is 0. The molecule has 0 spiro atoms. The van der Waals surface area contributed by atoms with Crippen LogP contribution in [-0.2, 0) is 65.4 Å². The summed E-state index contributed by atoms with van der Waals surface area (Å²) in [6.07, 6.45) is 5.76. The van der Waals surface area contributed by atoms with Crippen molar-refractivity contribution >= 4 is 11.9 Å². The molecule has 0 heterocycles. The molecule has 0 amide bonds. The van der Waals surface area contributed by atoms with Crippen LogP contribution in [0.15, 0.2) is 66.7 Å². The third-order valence-electron chi connectivity index (χ3n) is 6.65. The number of hydrogen-bond donors (Lipinski definition) is 0. The molecule has 6 nitrogen and oxygen atoms in total. The molecule has 0 bridgehead atoms. The van der Waals surface area contributed by atoms with Gasteiger partial charge in [-0.3, -0.25) is 0 Å². The Balaban J connectivity index is 0.00000462. The fourth-order valence-corrected chi connectivity index (χ4v) is 4.09. The molecule has 0 aliphatic heterocycles. The van der Waals surface area contributed by atoms with Gasteiger partial charge in [-0.2, -0.15) is 12.8 Å². The molecule has 0 aromatic heterocycles. The van der Waals surface area contributed by atoms with E-state index >= 15 is 0 Å². The van der Waals surface area contributed by atoms with Crippen LogP contribution in [0.5, 0.6) is 23.0 Å². The molecule has 9 heteroatoms. The molecule has 3 aromatic carbocycles. The van der Waals surface area contributed by atoms with Crippen LogP contribution in [0.2, 0.25) is 0 Å². The van der Waals surface area contributed by atoms with Gasteiger partial charge in [-0.05, 0) is 85.3 Å². The quantitative estimate of drug-likeness (QED) is 0.0837. The van der Waals surface area contributed by atoms with E-state index in [2.05, 4.69) is 27.7 Å². The molecule has 0 N–H and O–H groups in total. The monoisotopic (exact) mass is 740 g/mol. The minimum atomic E-state index is -0.868. The van der Waals surface area contributed by atoms with Crippen LogP contribution in [-0.4, -0.2) is 25.2 Å². The summed E-state index contributed by atoms with van der Waals surface area (Å²) in [5.74, 6) is 0.203. The summed E-state index contributed by atoms with van der Waals surface area (Å²) in [4.78, 5) is 25.1. The summed E-state index contributed by atoms with van der Waals surface area (Å²) in [6.45, 7) is 13.2. The van der Waals surface area contributed by atoms with Gasteiger partial charge in [0.2, 0.25) is 0 Å². The predicted molar refractivity (Wildman–Crippen MR) is 157 cm³/mol. The van der Waals surface area contributed by atoms with E-state index in [9.17, 15) is 14.0 Å². The molecule has 2 radical (unpaired) electrons. The molecule has 3 rings (SSSR count). The van der Waals surface area contributed by atoms with E-state index in [-0.39, 0.29) is 88.0 Å². The van der Waals surface area contributed by atoms with Crippen molar-refractivity contribution in [3.8, 4) is 23.0 Å². The Bertz CT molecular complexity index is 1250. The topological polar surface area (TPSA) is 71.1 Å². The second kappa shape index (κ2) is 21.1. The Morgan fingerprint density at radius 2 is 1.09 bits per heavy atom. The van der Waals surface area contributed by atoms with E-state index < -0.39 is 17.8 Å². The summed E-state index contributed by atoms with van der Waals surface area (Å²) in [5.41, 5.74) is 0.00224. The molecular formula is C34H39FO6Y2-2. The Hall–Kier alpha value is -1.66. The summed E-state index contributed by atoms with van der Waals surface area (Å²) < 4.78 is 36.8. The van der Waals surface area contributed by atoms with Crippen LogP contribution in [0.4, 0.5) is 4.39 Å². The summed E-state index contributed by atoms with van der Waals surface area (Å²) >= 11 is 0. The van der Waals surface area contributed by atoms with Crippen molar-refractivity contribution in [2.45, 2.75) is 52.4 Å². The summed E-state index contributed by atoms with van der Waals surface area (Å²) in [7, 11) is 0. The second-order valence-electron chi connectivity index (χ2n) is 10.2. The number of halogens is 1. The van der Waals surface area contributed by atoms with Gasteiger partial charge >= 0.3 is 11.9 Å². The van der Waals surface area contributed by atoms with Crippen molar-refractivity contribution in [3.63, 3.8) is 0 Å². The van der Waals surface area contributed by atoms with Gasteiger partial charge in [-0.15, -0.1) is 0 Å². The van der Waals surface area contributed by atoms with Gasteiger partial charge in [0.05, 0.1) is 24.3 Å². The number of carbonyl (C=O) groups is 2. The number of esters is 2. The van der Waals surface area contributed by atoms with E-state index in [1.807, 2.05) is 0 Å². The van der Waals surface area contributed by atoms with Crippen molar-refractivity contribution in [2.24, 2.45) is 11.8 Å². The molecule has 2 unspecified atom stereocenters. The van der Waals surface area contributed by atoms with Gasteiger partial charge in [-0.1, -0.05) is 26.7 Å². The number of rotatable bonds is 16. The molecular weight excluding hydrogens is 701 g/mol. The average Bonchev–Trinajstić information content (AvgIpc) is 2.94. The van der Waals surface area contributed by atoms with E-state index in [0.717, 1.165) is 44.6 Å². The van der Waals surface area contributed by atoms with Gasteiger partial charge in [0.1, 0.15) is 28.8 Å². The molecule has 43 heavy (non-hydrogen) atoms. The zero-order chi connectivity index (χ0) is 29.6. The minimum Gasteiger partial charge on any atom is -0.494 e. The van der Waals surface area contributed by atoms with E-state index in [0.29, 0.717) is 36.5 Å². The number of ether oxygens (including phenoxy) is 4. The average molecular weight is 740 g/mol. The van der Waals surface area contributed by atoms with E-state index in [4.69, 9.17) is 18.9 Å². The van der Waals surface area contributed by atoms with Crippen LogP contribution in [0.1, 0.15) is 73.1 Å². The van der Waals surface area contributed by atoms with Gasteiger partial charge in [0.15, 0.2) is 0 Å². The molecule has 0 saturated heterocycles. The zero-order valence-corrected chi connectivity index (χ0v) is 30.7. The van der Waals surface area contributed by atoms with E-state index in [1.54, 1.807) is 48.5 Å². The molecule has 2 atom stereocenters. The van der Waals surface area contributed by atoms with Crippen molar-refractivity contribution in [3.05, 3.63) is 97.5 Å². The van der Waals surface area contributed by atoms with Crippen LogP contribution in [0.3, 0.4) is 0 Å². The van der Waals surface area contributed by atoms with Crippen molar-refractivity contribution in [2.75, 3.05) is 13.2 Å². The van der Waals surface area contributed by atoms with Gasteiger partial charge < -0.3 is 32.8 Å². The molecule has 0 saturated carbocycles. The maximum atomic E-state index is 14.7. The fraction of sp³-hybridized carbons (Fsp3) is 0.353. The summed E-state index contributed by atoms with van der Waals surface area (Å²) in [6, 6.07) is 16.6. The van der Waals surface area contributed by atoms with Crippen LogP contribution in [0, 0.1) is 31.5 Å². The standard InChI is InChI=1S/C34H39FO6.2Y/c1-5-7-24(3)19-21-38-27-11-9-26(10-12-27)33(36)41-30-17-18-31(32(35)23-30)34(37)40-29-15-13-28(14-16-29)39-22-20-25(4)8-6-2;;/h9-18,23-25H,1-2,5-8,19-22H2,3-4H3;;/q-2;;. The first kappa shape index (κ1) is 39.4. The van der Waals surface area contributed by atoms with Crippen LogP contribution < -0.4 is 18.9 Å². The molecule has 0 fully saturated rings. The SMILES string of the molecule is [CH2-]CCC(C)CCOc1ccc(OC(=O)c2ccc(OC(=O)c3ccc(OCCC(C)CC[CH2-])cc3)cc2F)cc1.[Y].[Y]. The molecule has 0 aliphatic carbocycles. The normalized spacial score (nSPS) is 11.7. The third-order valence-corrected chi connectivity index (χ3v) is 6.65. The van der Waals surface area contributed by atoms with Gasteiger partial charge in [0.25, 0.3) is 0 Å². The zero-order valence-electron chi connectivity index (χ0n) is 25.1. The fourth-order valence-electron chi connectivity index (χ4n) is 4.09. The first-order valence-electron chi connectivity index (χ1n) is 14.1. The van der Waals surface area contributed by atoms with E-state index in [1.165, 1.54) is 12.1 Å². The maximum Gasteiger partial charge on any atom is 0.346 e. The number of hydrogen-bond acceptors (Lipinski definition) is 6. The molecule has 0 aliphatic rings. The van der Waals surface area contributed by atoms with Crippen molar-refractivity contribution in [1.82, 2.24) is 0 Å². The van der Waals surface area contributed by atoms with Crippen molar-refractivity contribution in [1.29, 1.82) is 0 Å². The van der Waals surface area contributed by atoms with Crippen LogP contribution >= 0.6 is 0 Å². The van der Waals surface area contributed by atoms with Crippen LogP contribution in [0.25, 0.3) is 0 Å². The Kier molecular flexibility index (Phi) is 19.4. The maximum absolute atomic E-state index is 14.7. The smallest absolute Gasteiger partial charge is 0.346 e. The Morgan fingerprint density at radius 3 is 1.58 bits per heavy atom. The third kappa shape index (κ3) is 13.9. The Morgan fingerprint density at radius 1 is 0.651 bits per heavy atom. The van der Waals surface area contributed by atoms with Crippen molar-refractivity contribution < 1.29 is 98.3 Å². The van der Waals surface area contributed by atoms with Gasteiger partial charge in [-0.25, -0.2) is 14.0 Å². The Labute approximate surface area is 305 Å². The first-order chi connectivity index (χ1) is 19.8. The van der Waals surface area contributed by atoms with Gasteiger partial charge in [0, 0.05) is 71.5 Å². The first-order valence-corrected chi connectivity index (χ1v) is 14.1.